The van der Waals surface area contributed by atoms with Crippen molar-refractivity contribution in [1.82, 2.24) is 29.9 Å². The van der Waals surface area contributed by atoms with E-state index in [0.29, 0.717) is 75.2 Å². The third kappa shape index (κ3) is 13.4. The van der Waals surface area contributed by atoms with E-state index in [1.807, 2.05) is 46.2 Å². The van der Waals surface area contributed by atoms with E-state index in [1.54, 1.807) is 24.8 Å². The fraction of sp³-hybridized carbons (Fsp3) is 0.360. The molecule has 2 unspecified atom stereocenters. The Morgan fingerprint density at radius 2 is 1.21 bits per heavy atom. The van der Waals surface area contributed by atoms with Gasteiger partial charge in [-0.2, -0.15) is 31.9 Å². The molecule has 4 aromatic heterocycles. The van der Waals surface area contributed by atoms with E-state index in [0.717, 1.165) is 58.9 Å². The van der Waals surface area contributed by atoms with Gasteiger partial charge in [-0.15, -0.1) is 0 Å². The molecule has 0 saturated carbocycles. The fourth-order valence-corrected chi connectivity index (χ4v) is 10.2. The largest absolute Gasteiger partial charge is 0.378 e. The zero-order valence-corrected chi connectivity index (χ0v) is 41.1. The molecule has 8 heterocycles. The molecule has 2 atom stereocenters. The van der Waals surface area contributed by atoms with E-state index >= 15 is 0 Å². The third-order valence-electron chi connectivity index (χ3n) is 12.2. The van der Waals surface area contributed by atoms with Gasteiger partial charge in [-0.25, -0.2) is 29.6 Å². The first kappa shape index (κ1) is 49.2. The highest BCUT2D eigenvalue weighted by Crippen LogP contribution is 2.42. The van der Waals surface area contributed by atoms with Gasteiger partial charge in [0.05, 0.1) is 97.1 Å². The van der Waals surface area contributed by atoms with Crippen molar-refractivity contribution in [3.8, 4) is 0 Å². The number of hydrazone groups is 2. The van der Waals surface area contributed by atoms with Gasteiger partial charge in [-0.3, -0.25) is 9.97 Å². The van der Waals surface area contributed by atoms with Crippen molar-refractivity contribution < 1.29 is 18.3 Å². The molecule has 4 fully saturated rings. The Morgan fingerprint density at radius 3 is 1.69 bits per heavy atom. The number of nitrogens with zero attached hydrogens (tertiary/aromatic N) is 11. The Morgan fingerprint density at radius 1 is 0.662 bits per heavy atom. The molecular formula is C50H56ClF2N15O2S. The van der Waals surface area contributed by atoms with Crippen LogP contribution in [-0.2, 0) is 9.47 Å². The van der Waals surface area contributed by atoms with Crippen LogP contribution in [0.5, 0.6) is 0 Å². The molecule has 0 bridgehead atoms. The molecule has 6 aromatic rings. The maximum absolute atomic E-state index is 14.2. The van der Waals surface area contributed by atoms with Gasteiger partial charge in [0.15, 0.2) is 23.3 Å². The van der Waals surface area contributed by atoms with Gasteiger partial charge in [0.1, 0.15) is 0 Å². The van der Waals surface area contributed by atoms with Crippen molar-refractivity contribution in [2.24, 2.45) is 16.1 Å². The van der Waals surface area contributed by atoms with Crippen molar-refractivity contribution >= 4 is 87.8 Å². The normalized spacial score (nSPS) is 18.2. The lowest BCUT2D eigenvalue weighted by atomic mass is 10.0. The van der Waals surface area contributed by atoms with Crippen LogP contribution in [0.4, 0.5) is 60.8 Å². The van der Waals surface area contributed by atoms with Gasteiger partial charge >= 0.3 is 0 Å². The zero-order chi connectivity index (χ0) is 48.9. The molecule has 370 valence electrons. The van der Waals surface area contributed by atoms with Crippen LogP contribution in [0, 0.1) is 24.5 Å². The number of hydrogen-bond donors (Lipinski definition) is 4. The topological polar surface area (TPSA) is 178 Å². The number of rotatable bonds is 14. The quantitative estimate of drug-likeness (QED) is 0.0599. The number of thioether (sulfide) groups is 1. The number of hydrogen-bond acceptors (Lipinski definition) is 18. The Bertz CT molecular complexity index is 2780. The number of pyridine rings is 2. The molecule has 0 radical (unpaired) electrons. The zero-order valence-electron chi connectivity index (χ0n) is 39.6. The summed E-state index contributed by atoms with van der Waals surface area (Å²) in [6.07, 6.45) is 12.7. The Labute approximate surface area is 421 Å². The number of aromatic nitrogens is 6. The maximum Gasteiger partial charge on any atom is 0.245 e. The van der Waals surface area contributed by atoms with Crippen molar-refractivity contribution in [2.75, 3.05) is 108 Å². The summed E-state index contributed by atoms with van der Waals surface area (Å²) in [7, 11) is 0. The summed E-state index contributed by atoms with van der Waals surface area (Å²) < 4.78 is 38.9. The molecule has 4 saturated heterocycles. The van der Waals surface area contributed by atoms with Crippen LogP contribution in [-0.4, -0.2) is 114 Å². The number of ether oxygens (including phenoxy) is 2. The first-order valence-corrected chi connectivity index (χ1v) is 25.1. The minimum atomic E-state index is -0.474. The van der Waals surface area contributed by atoms with Crippen LogP contribution in [0.3, 0.4) is 0 Å². The number of benzene rings is 2. The molecule has 2 aromatic carbocycles. The first-order valence-electron chi connectivity index (χ1n) is 23.7. The Hall–Kier alpha value is -6.74. The minimum absolute atomic E-state index is 0.205. The van der Waals surface area contributed by atoms with Crippen molar-refractivity contribution in [1.29, 1.82) is 0 Å². The molecule has 4 N–H and O–H groups in total. The molecule has 4 aliphatic heterocycles. The summed E-state index contributed by atoms with van der Waals surface area (Å²) in [5.41, 5.74) is 14.3. The van der Waals surface area contributed by atoms with Crippen molar-refractivity contribution in [3.63, 3.8) is 0 Å². The molecule has 71 heavy (non-hydrogen) atoms. The highest BCUT2D eigenvalue weighted by atomic mass is 35.5. The second kappa shape index (κ2) is 23.9. The maximum atomic E-state index is 14.2. The number of nitrogens with one attached hydrogen (secondary N) is 4. The van der Waals surface area contributed by atoms with Gasteiger partial charge in [-0.1, -0.05) is 24.6 Å². The Kier molecular flexibility index (Phi) is 16.6. The van der Waals surface area contributed by atoms with Crippen LogP contribution < -0.4 is 36.2 Å². The third-order valence-corrected chi connectivity index (χ3v) is 13.9. The summed E-state index contributed by atoms with van der Waals surface area (Å²) in [5, 5.41) is 16.4. The molecule has 4 aliphatic rings. The van der Waals surface area contributed by atoms with Crippen LogP contribution in [0.15, 0.2) is 95.7 Å². The number of anilines is 9. The molecule has 10 rings (SSSR count). The average molecular weight is 1000 g/mol. The number of aryl methyl sites for hydroxylation is 1. The highest BCUT2D eigenvalue weighted by molar-refractivity contribution is 7.99. The van der Waals surface area contributed by atoms with Gasteiger partial charge in [0, 0.05) is 55.9 Å². The SMILES string of the molecule is CC1CCN(c2ccc(Nc3ccc(/C=N/Nc4ncc(F)c(N5CCOCC5)n4)nc3)cc2Cl)C1.Cc1cc(Nc2ccc(/C=N/Nc3ncc(F)c(N4CCOCC4)n3)nc2)ccc1C1CCCS1. The molecule has 0 amide bonds. The Balaban J connectivity index is 0.000000176. The predicted molar refractivity (Wildman–Crippen MR) is 281 cm³/mol. The minimum Gasteiger partial charge on any atom is -0.378 e. The van der Waals surface area contributed by atoms with E-state index < -0.39 is 11.6 Å². The molecule has 17 nitrogen and oxygen atoms in total. The van der Waals surface area contributed by atoms with E-state index in [9.17, 15) is 8.78 Å². The summed E-state index contributed by atoms with van der Waals surface area (Å²) in [6.45, 7) is 11.0. The lowest BCUT2D eigenvalue weighted by Crippen LogP contribution is -2.37. The smallest absolute Gasteiger partial charge is 0.245 e. The van der Waals surface area contributed by atoms with E-state index in [-0.39, 0.29) is 23.5 Å². The fourth-order valence-electron chi connectivity index (χ4n) is 8.51. The first-order chi connectivity index (χ1) is 34.7. The van der Waals surface area contributed by atoms with Gasteiger partial charge in [0.25, 0.3) is 0 Å². The standard InChI is InChI=1S/C25H28ClFN8O.C25H28FN7OS/c1-17-6-7-35(16-17)23-5-4-18(12-21(23)26)31-20-3-2-19(28-13-20)14-30-33-25-29-15-22(27)24(32-25)34-8-10-36-11-9-34;1-17-13-18(6-7-21(17)23-3-2-12-35-23)30-20-5-4-19(27-14-20)15-29-32-25-28-16-22(26)24(31-25)33-8-10-34-11-9-33/h2-5,12-15,17,31H,6-11,16H2,1H3,(H,29,32,33);4-7,13-16,23,30H,2-3,8-12H2,1H3,(H,28,31,32)/b30-14+;29-15+. The molecular weight excluding hydrogens is 948 g/mol. The monoisotopic (exact) mass is 1000 g/mol. The van der Waals surface area contributed by atoms with E-state index in [2.05, 4.69) is 116 Å². The van der Waals surface area contributed by atoms with Crippen LogP contribution in [0.25, 0.3) is 0 Å². The van der Waals surface area contributed by atoms with E-state index in [4.69, 9.17) is 21.1 Å². The average Bonchev–Trinajstić information content (AvgIpc) is 4.09. The second-order valence-electron chi connectivity index (χ2n) is 17.4. The van der Waals surface area contributed by atoms with Crippen molar-refractivity contribution in [2.45, 2.75) is 38.4 Å². The van der Waals surface area contributed by atoms with Crippen LogP contribution >= 0.6 is 23.4 Å². The lowest BCUT2D eigenvalue weighted by molar-refractivity contribution is 0.122. The van der Waals surface area contributed by atoms with Gasteiger partial charge in [-0.05, 0) is 104 Å². The van der Waals surface area contributed by atoms with E-state index in [1.165, 1.54) is 36.1 Å². The molecule has 0 spiro atoms. The van der Waals surface area contributed by atoms with Crippen LogP contribution in [0.2, 0.25) is 5.02 Å². The summed E-state index contributed by atoms with van der Waals surface area (Å²) >= 11 is 8.61. The summed E-state index contributed by atoms with van der Waals surface area (Å²) in [4.78, 5) is 31.3. The summed E-state index contributed by atoms with van der Waals surface area (Å²) in [5.74, 6) is 1.92. The lowest BCUT2D eigenvalue weighted by Gasteiger charge is -2.27. The summed E-state index contributed by atoms with van der Waals surface area (Å²) in [6, 6.07) is 20.2. The van der Waals surface area contributed by atoms with Gasteiger partial charge in [0.2, 0.25) is 11.9 Å². The predicted octanol–water partition coefficient (Wildman–Crippen LogP) is 9.45. The second-order valence-corrected chi connectivity index (χ2v) is 19.2. The number of morpholine rings is 2. The molecule has 21 heteroatoms. The molecule has 0 aliphatic carbocycles. The highest BCUT2D eigenvalue weighted by Gasteiger charge is 2.23. The van der Waals surface area contributed by atoms with Crippen molar-refractivity contribution in [3.05, 3.63) is 125 Å². The van der Waals surface area contributed by atoms with Gasteiger partial charge < -0.3 is 34.8 Å². The van der Waals surface area contributed by atoms with Crippen LogP contribution in [0.1, 0.15) is 54.0 Å². The number of halogens is 3.